The van der Waals surface area contributed by atoms with Crippen molar-refractivity contribution in [1.29, 1.82) is 0 Å². The fourth-order valence-corrected chi connectivity index (χ4v) is 2.48. The van der Waals surface area contributed by atoms with Gasteiger partial charge in [-0.25, -0.2) is 0 Å². The third-order valence-electron chi connectivity index (χ3n) is 2.72. The van der Waals surface area contributed by atoms with E-state index in [1.165, 1.54) is 24.6 Å². The Morgan fingerprint density at radius 3 is 2.47 bits per heavy atom. The van der Waals surface area contributed by atoms with E-state index in [-0.39, 0.29) is 17.4 Å². The van der Waals surface area contributed by atoms with Crippen LogP contribution in [0.2, 0.25) is 0 Å². The Labute approximate surface area is 94.0 Å². The lowest BCUT2D eigenvalue weighted by Crippen LogP contribution is -2.36. The lowest BCUT2D eigenvalue weighted by atomic mass is 10.2. The number of rotatable bonds is 5. The number of carbonyl (C=O) groups excluding carboxylic acids is 1. The van der Waals surface area contributed by atoms with E-state index in [1.54, 1.807) is 4.90 Å². The molecule has 5 heteroatoms. The van der Waals surface area contributed by atoms with Gasteiger partial charge in [0.05, 0.1) is 11.5 Å². The van der Waals surface area contributed by atoms with Gasteiger partial charge in [0.2, 0.25) is 5.91 Å². The molecule has 0 aromatic carbocycles. The van der Waals surface area contributed by atoms with E-state index in [0.29, 0.717) is 6.04 Å². The van der Waals surface area contributed by atoms with Gasteiger partial charge in [-0.3, -0.25) is 9.59 Å². The predicted molar refractivity (Wildman–Crippen MR) is 60.0 cm³/mol. The topological polar surface area (TPSA) is 57.6 Å². The summed E-state index contributed by atoms with van der Waals surface area (Å²) in [5.41, 5.74) is 0. The normalized spacial score (nSPS) is 16.6. The second-order valence-corrected chi connectivity index (χ2v) is 4.82. The van der Waals surface area contributed by atoms with Gasteiger partial charge < -0.3 is 10.0 Å². The SMILES string of the molecule is CN(C(=O)CSCC(=O)O)C1CCCC1. The van der Waals surface area contributed by atoms with E-state index in [2.05, 4.69) is 0 Å². The van der Waals surface area contributed by atoms with Gasteiger partial charge >= 0.3 is 5.97 Å². The highest BCUT2D eigenvalue weighted by molar-refractivity contribution is 8.00. The molecule has 1 N–H and O–H groups in total. The number of hydrogen-bond acceptors (Lipinski definition) is 3. The van der Waals surface area contributed by atoms with E-state index in [4.69, 9.17) is 5.11 Å². The zero-order valence-corrected chi connectivity index (χ0v) is 9.76. The number of aliphatic carboxylic acids is 1. The van der Waals surface area contributed by atoms with Crippen molar-refractivity contribution in [2.45, 2.75) is 31.7 Å². The number of hydrogen-bond donors (Lipinski definition) is 1. The number of nitrogens with zero attached hydrogens (tertiary/aromatic N) is 1. The van der Waals surface area contributed by atoms with Crippen LogP contribution < -0.4 is 0 Å². The standard InChI is InChI=1S/C10H17NO3S/c1-11(8-4-2-3-5-8)9(12)6-15-7-10(13)14/h8H,2-7H2,1H3,(H,13,14). The van der Waals surface area contributed by atoms with Crippen LogP contribution in [-0.4, -0.2) is 46.5 Å². The van der Waals surface area contributed by atoms with E-state index in [9.17, 15) is 9.59 Å². The minimum absolute atomic E-state index is 0.00421. The Kier molecular flexibility index (Phi) is 4.94. The van der Waals surface area contributed by atoms with Crippen LogP contribution in [0.4, 0.5) is 0 Å². The van der Waals surface area contributed by atoms with Gasteiger partial charge in [0.15, 0.2) is 0 Å². The Morgan fingerprint density at radius 2 is 1.93 bits per heavy atom. The molecule has 0 aromatic rings. The minimum atomic E-state index is -0.865. The second kappa shape index (κ2) is 6.00. The molecule has 0 unspecified atom stereocenters. The molecule has 4 nitrogen and oxygen atoms in total. The van der Waals surface area contributed by atoms with Crippen molar-refractivity contribution in [2.75, 3.05) is 18.6 Å². The molecular formula is C10H17NO3S. The molecule has 86 valence electrons. The number of thioether (sulfide) groups is 1. The number of carbonyl (C=O) groups is 2. The Hall–Kier alpha value is -0.710. The number of amides is 1. The highest BCUT2D eigenvalue weighted by Gasteiger charge is 2.23. The average molecular weight is 231 g/mol. The summed E-state index contributed by atoms with van der Waals surface area (Å²) in [6.07, 6.45) is 4.58. The van der Waals surface area contributed by atoms with Crippen LogP contribution in [-0.2, 0) is 9.59 Å². The third kappa shape index (κ3) is 4.11. The average Bonchev–Trinajstić information content (AvgIpc) is 2.68. The summed E-state index contributed by atoms with van der Waals surface area (Å²) in [7, 11) is 1.82. The van der Waals surface area contributed by atoms with Crippen LogP contribution in [0, 0.1) is 0 Å². The van der Waals surface area contributed by atoms with Crippen molar-refractivity contribution >= 4 is 23.6 Å². The lowest BCUT2D eigenvalue weighted by Gasteiger charge is -2.23. The number of carboxylic acid groups (broad SMARTS) is 1. The first-order valence-electron chi connectivity index (χ1n) is 5.16. The van der Waals surface area contributed by atoms with Crippen LogP contribution in [0.25, 0.3) is 0 Å². The summed E-state index contributed by atoms with van der Waals surface area (Å²) in [6, 6.07) is 0.378. The summed E-state index contributed by atoms with van der Waals surface area (Å²) >= 11 is 1.17. The molecule has 0 bridgehead atoms. The van der Waals surface area contributed by atoms with Crippen molar-refractivity contribution in [3.63, 3.8) is 0 Å². The Bertz CT molecular complexity index is 239. The Balaban J connectivity index is 2.23. The zero-order valence-electron chi connectivity index (χ0n) is 8.94. The van der Waals surface area contributed by atoms with Crippen LogP contribution in [0.15, 0.2) is 0 Å². The summed E-state index contributed by atoms with van der Waals surface area (Å²) < 4.78 is 0. The number of carboxylic acids is 1. The van der Waals surface area contributed by atoms with Crippen molar-refractivity contribution < 1.29 is 14.7 Å². The molecule has 0 heterocycles. The van der Waals surface area contributed by atoms with Gasteiger partial charge in [-0.15, -0.1) is 11.8 Å². The van der Waals surface area contributed by atoms with E-state index in [0.717, 1.165) is 12.8 Å². The molecule has 1 fully saturated rings. The quantitative estimate of drug-likeness (QED) is 0.772. The fourth-order valence-electron chi connectivity index (χ4n) is 1.82. The third-order valence-corrected chi connectivity index (χ3v) is 3.62. The van der Waals surface area contributed by atoms with Gasteiger partial charge in [-0.1, -0.05) is 12.8 Å². The second-order valence-electron chi connectivity index (χ2n) is 3.83. The minimum Gasteiger partial charge on any atom is -0.481 e. The monoisotopic (exact) mass is 231 g/mol. The molecule has 0 radical (unpaired) electrons. The molecule has 0 spiro atoms. The molecule has 1 rings (SSSR count). The van der Waals surface area contributed by atoms with Crippen molar-refractivity contribution in [3.8, 4) is 0 Å². The summed E-state index contributed by atoms with van der Waals surface area (Å²) in [5.74, 6) is -0.534. The van der Waals surface area contributed by atoms with Crippen LogP contribution in [0.5, 0.6) is 0 Å². The van der Waals surface area contributed by atoms with Crippen LogP contribution in [0.1, 0.15) is 25.7 Å². The summed E-state index contributed by atoms with van der Waals surface area (Å²) in [6.45, 7) is 0. The zero-order chi connectivity index (χ0) is 11.3. The van der Waals surface area contributed by atoms with Crippen molar-refractivity contribution in [1.82, 2.24) is 4.90 Å². The van der Waals surface area contributed by atoms with Gasteiger partial charge in [-0.05, 0) is 12.8 Å². The first-order chi connectivity index (χ1) is 7.11. The molecule has 1 aliphatic rings. The first-order valence-corrected chi connectivity index (χ1v) is 6.32. The maximum atomic E-state index is 11.6. The lowest BCUT2D eigenvalue weighted by molar-refractivity contribution is -0.133. The van der Waals surface area contributed by atoms with Gasteiger partial charge in [0.25, 0.3) is 0 Å². The molecule has 15 heavy (non-hydrogen) atoms. The summed E-state index contributed by atoms with van der Waals surface area (Å²) in [4.78, 5) is 23.7. The van der Waals surface area contributed by atoms with Gasteiger partial charge in [0.1, 0.15) is 0 Å². The van der Waals surface area contributed by atoms with Crippen molar-refractivity contribution in [3.05, 3.63) is 0 Å². The van der Waals surface area contributed by atoms with Gasteiger partial charge in [-0.2, -0.15) is 0 Å². The van der Waals surface area contributed by atoms with E-state index < -0.39 is 5.97 Å². The first kappa shape index (κ1) is 12.4. The molecule has 0 aromatic heterocycles. The molecule has 0 atom stereocenters. The van der Waals surface area contributed by atoms with Crippen molar-refractivity contribution in [2.24, 2.45) is 0 Å². The molecule has 0 saturated heterocycles. The summed E-state index contributed by atoms with van der Waals surface area (Å²) in [5, 5.41) is 8.43. The van der Waals surface area contributed by atoms with E-state index >= 15 is 0 Å². The maximum Gasteiger partial charge on any atom is 0.313 e. The highest BCUT2D eigenvalue weighted by atomic mass is 32.2. The molecular weight excluding hydrogens is 214 g/mol. The maximum absolute atomic E-state index is 11.6. The van der Waals surface area contributed by atoms with E-state index in [1.807, 2.05) is 7.05 Å². The molecule has 1 amide bonds. The largest absolute Gasteiger partial charge is 0.481 e. The fraction of sp³-hybridized carbons (Fsp3) is 0.800. The van der Waals surface area contributed by atoms with Crippen LogP contribution >= 0.6 is 11.8 Å². The van der Waals surface area contributed by atoms with Crippen LogP contribution in [0.3, 0.4) is 0 Å². The molecule has 1 saturated carbocycles. The van der Waals surface area contributed by atoms with Gasteiger partial charge in [0, 0.05) is 13.1 Å². The molecule has 1 aliphatic carbocycles. The smallest absolute Gasteiger partial charge is 0.313 e. The highest BCUT2D eigenvalue weighted by Crippen LogP contribution is 2.22. The molecule has 0 aliphatic heterocycles. The predicted octanol–water partition coefficient (Wildman–Crippen LogP) is 1.21. The Morgan fingerprint density at radius 1 is 1.33 bits per heavy atom.